The maximum atomic E-state index is 12.8. The van der Waals surface area contributed by atoms with Crippen molar-refractivity contribution in [1.29, 1.82) is 0 Å². The topological polar surface area (TPSA) is 111 Å². The Hall–Kier alpha value is -2.77. The van der Waals surface area contributed by atoms with Crippen molar-refractivity contribution in [3.8, 4) is 0 Å². The fraction of sp³-hybridized carbons (Fsp3) is 0.318. The fourth-order valence-corrected chi connectivity index (χ4v) is 3.39. The van der Waals surface area contributed by atoms with Crippen LogP contribution in [0.3, 0.4) is 0 Å². The summed E-state index contributed by atoms with van der Waals surface area (Å²) in [7, 11) is 0. The number of amides is 3. The molecule has 0 aliphatic rings. The Morgan fingerprint density at radius 2 is 1.58 bits per heavy atom. The molecular formula is C22H25Cl2N3O4. The summed E-state index contributed by atoms with van der Waals surface area (Å²) in [6, 6.07) is 12.1. The molecule has 2 atom stereocenters. The van der Waals surface area contributed by atoms with Crippen LogP contribution in [-0.4, -0.2) is 30.0 Å². The first-order valence-corrected chi connectivity index (χ1v) is 10.4. The number of primary amides is 1. The van der Waals surface area contributed by atoms with Gasteiger partial charge in [0, 0.05) is 16.5 Å². The minimum Gasteiger partial charge on any atom is -0.445 e. The second-order valence-corrected chi connectivity index (χ2v) is 8.11. The number of halogens is 2. The predicted octanol–water partition coefficient (Wildman–Crippen LogP) is 3.46. The third kappa shape index (κ3) is 7.45. The number of ether oxygens (including phenoxy) is 1. The molecule has 2 aromatic rings. The summed E-state index contributed by atoms with van der Waals surface area (Å²) >= 11 is 12.3. The van der Waals surface area contributed by atoms with Crippen molar-refractivity contribution in [2.45, 2.75) is 39.0 Å². The van der Waals surface area contributed by atoms with E-state index in [-0.39, 0.29) is 18.9 Å². The molecule has 2 aromatic carbocycles. The summed E-state index contributed by atoms with van der Waals surface area (Å²) in [4.78, 5) is 37.0. The van der Waals surface area contributed by atoms with Crippen molar-refractivity contribution in [2.75, 3.05) is 0 Å². The van der Waals surface area contributed by atoms with Gasteiger partial charge in [0.25, 0.3) is 0 Å². The van der Waals surface area contributed by atoms with Gasteiger partial charge in [-0.05, 0) is 29.2 Å². The molecule has 0 aromatic heterocycles. The summed E-state index contributed by atoms with van der Waals surface area (Å²) in [6.07, 6.45) is -0.731. The molecule has 0 unspecified atom stereocenters. The van der Waals surface area contributed by atoms with E-state index in [1.807, 2.05) is 30.3 Å². The third-order valence-electron chi connectivity index (χ3n) is 4.57. The molecule has 166 valence electrons. The van der Waals surface area contributed by atoms with E-state index in [9.17, 15) is 14.4 Å². The second-order valence-electron chi connectivity index (χ2n) is 7.30. The van der Waals surface area contributed by atoms with Gasteiger partial charge in [0.05, 0.1) is 0 Å². The number of benzene rings is 2. The van der Waals surface area contributed by atoms with Crippen LogP contribution in [0.4, 0.5) is 4.79 Å². The first kappa shape index (κ1) is 24.5. The zero-order valence-electron chi connectivity index (χ0n) is 17.2. The summed E-state index contributed by atoms with van der Waals surface area (Å²) < 4.78 is 5.18. The van der Waals surface area contributed by atoms with Crippen LogP contribution >= 0.6 is 23.2 Å². The molecule has 0 aliphatic carbocycles. The predicted molar refractivity (Wildman–Crippen MR) is 120 cm³/mol. The van der Waals surface area contributed by atoms with Gasteiger partial charge in [-0.2, -0.15) is 0 Å². The minimum atomic E-state index is -1.06. The van der Waals surface area contributed by atoms with Crippen LogP contribution < -0.4 is 16.4 Å². The number of nitrogens with two attached hydrogens (primary N) is 1. The highest BCUT2D eigenvalue weighted by Crippen LogP contribution is 2.25. The highest BCUT2D eigenvalue weighted by molar-refractivity contribution is 6.36. The Bertz CT molecular complexity index is 902. The summed E-state index contributed by atoms with van der Waals surface area (Å²) in [5, 5.41) is 5.83. The van der Waals surface area contributed by atoms with E-state index in [4.69, 9.17) is 33.7 Å². The quantitative estimate of drug-likeness (QED) is 0.526. The fourth-order valence-electron chi connectivity index (χ4n) is 2.84. The first-order chi connectivity index (χ1) is 14.7. The monoisotopic (exact) mass is 465 g/mol. The van der Waals surface area contributed by atoms with Crippen LogP contribution in [0.15, 0.2) is 48.5 Å². The summed E-state index contributed by atoms with van der Waals surface area (Å²) in [5.74, 6) is -1.60. The molecule has 3 amide bonds. The average molecular weight is 466 g/mol. The third-order valence-corrected chi connectivity index (χ3v) is 5.27. The second kappa shape index (κ2) is 11.6. The minimum absolute atomic E-state index is 0.0167. The molecule has 4 N–H and O–H groups in total. The molecule has 31 heavy (non-hydrogen) atoms. The van der Waals surface area contributed by atoms with Gasteiger partial charge < -0.3 is 21.1 Å². The van der Waals surface area contributed by atoms with Crippen LogP contribution in [0, 0.1) is 5.92 Å². The molecular weight excluding hydrogens is 441 g/mol. The lowest BCUT2D eigenvalue weighted by Crippen LogP contribution is -2.55. The standard InChI is InChI=1S/C22H25Cl2N3O4/c1-13(2)19(27-22(30)31-12-14-7-4-3-5-8-14)21(29)26-18(20(25)28)11-15-16(23)9-6-10-17(15)24/h3-10,13,18-19H,11-12H2,1-2H3,(H2,25,28)(H,26,29)(H,27,30)/t18-,19-/m1/s1. The number of nitrogens with one attached hydrogen (secondary N) is 2. The number of carbonyl (C=O) groups is 3. The molecule has 9 heteroatoms. The van der Waals surface area contributed by atoms with Crippen molar-refractivity contribution in [3.05, 3.63) is 69.7 Å². The van der Waals surface area contributed by atoms with Gasteiger partial charge in [-0.15, -0.1) is 0 Å². The number of hydrogen-bond acceptors (Lipinski definition) is 4. The highest BCUT2D eigenvalue weighted by Gasteiger charge is 2.29. The highest BCUT2D eigenvalue weighted by atomic mass is 35.5. The molecule has 0 bridgehead atoms. The Kier molecular flexibility index (Phi) is 9.15. The largest absolute Gasteiger partial charge is 0.445 e. The summed E-state index contributed by atoms with van der Waals surface area (Å²) in [5.41, 5.74) is 6.78. The van der Waals surface area contributed by atoms with Gasteiger partial charge in [0.1, 0.15) is 18.7 Å². The van der Waals surface area contributed by atoms with E-state index in [2.05, 4.69) is 10.6 Å². The van der Waals surface area contributed by atoms with Crippen LogP contribution in [0.25, 0.3) is 0 Å². The Labute approximate surface area is 191 Å². The molecule has 7 nitrogen and oxygen atoms in total. The maximum Gasteiger partial charge on any atom is 0.408 e. The average Bonchev–Trinajstić information content (AvgIpc) is 2.72. The molecule has 0 saturated heterocycles. The van der Waals surface area contributed by atoms with Gasteiger partial charge in [-0.25, -0.2) is 4.79 Å². The van der Waals surface area contributed by atoms with Gasteiger partial charge in [-0.3, -0.25) is 9.59 Å². The van der Waals surface area contributed by atoms with Gasteiger partial charge >= 0.3 is 6.09 Å². The van der Waals surface area contributed by atoms with E-state index in [1.165, 1.54) is 0 Å². The SMILES string of the molecule is CC(C)[C@@H](NC(=O)OCc1ccccc1)C(=O)N[C@H](Cc1c(Cl)cccc1Cl)C(N)=O. The van der Waals surface area contributed by atoms with Crippen molar-refractivity contribution in [3.63, 3.8) is 0 Å². The van der Waals surface area contributed by atoms with Crippen LogP contribution in [0.1, 0.15) is 25.0 Å². The zero-order valence-corrected chi connectivity index (χ0v) is 18.7. The van der Waals surface area contributed by atoms with E-state index >= 15 is 0 Å². The van der Waals surface area contributed by atoms with Crippen LogP contribution in [0.2, 0.25) is 10.0 Å². The molecule has 0 heterocycles. The Morgan fingerprint density at radius 1 is 0.968 bits per heavy atom. The summed E-state index contributed by atoms with van der Waals surface area (Å²) in [6.45, 7) is 3.58. The van der Waals surface area contributed by atoms with Gasteiger partial charge in [0.2, 0.25) is 11.8 Å². The molecule has 0 fully saturated rings. The van der Waals surface area contributed by atoms with Crippen LogP contribution in [-0.2, 0) is 27.4 Å². The normalized spacial score (nSPS) is 12.7. The van der Waals surface area contributed by atoms with E-state index in [1.54, 1.807) is 32.0 Å². The molecule has 0 radical (unpaired) electrons. The molecule has 2 rings (SSSR count). The van der Waals surface area contributed by atoms with E-state index in [0.717, 1.165) is 5.56 Å². The van der Waals surface area contributed by atoms with Crippen molar-refractivity contribution >= 4 is 41.1 Å². The Balaban J connectivity index is 2.03. The van der Waals surface area contributed by atoms with E-state index < -0.39 is 30.0 Å². The van der Waals surface area contributed by atoms with Gasteiger partial charge in [-0.1, -0.05) is 73.4 Å². The van der Waals surface area contributed by atoms with Gasteiger partial charge in [0.15, 0.2) is 0 Å². The van der Waals surface area contributed by atoms with Crippen LogP contribution in [0.5, 0.6) is 0 Å². The lowest BCUT2D eigenvalue weighted by atomic mass is 10.0. The maximum absolute atomic E-state index is 12.8. The van der Waals surface area contributed by atoms with Crippen molar-refractivity contribution in [2.24, 2.45) is 11.7 Å². The van der Waals surface area contributed by atoms with Crippen molar-refractivity contribution < 1.29 is 19.1 Å². The smallest absolute Gasteiger partial charge is 0.408 e. The molecule has 0 saturated carbocycles. The lowest BCUT2D eigenvalue weighted by Gasteiger charge is -2.24. The van der Waals surface area contributed by atoms with Crippen molar-refractivity contribution in [1.82, 2.24) is 10.6 Å². The number of rotatable bonds is 9. The molecule has 0 aliphatic heterocycles. The Morgan fingerprint density at radius 3 is 2.13 bits per heavy atom. The number of hydrogen-bond donors (Lipinski definition) is 3. The number of alkyl carbamates (subject to hydrolysis) is 1. The van der Waals surface area contributed by atoms with E-state index in [0.29, 0.717) is 15.6 Å². The first-order valence-electron chi connectivity index (χ1n) is 9.68. The lowest BCUT2D eigenvalue weighted by molar-refractivity contribution is -0.129. The number of carbonyl (C=O) groups excluding carboxylic acids is 3. The molecule has 0 spiro atoms. The zero-order chi connectivity index (χ0) is 23.0.